The van der Waals surface area contributed by atoms with Crippen molar-refractivity contribution in [2.45, 2.75) is 53.6 Å². The highest BCUT2D eigenvalue weighted by Gasteiger charge is 2.28. The van der Waals surface area contributed by atoms with Gasteiger partial charge in [-0.3, -0.25) is 9.59 Å². The zero-order valence-electron chi connectivity index (χ0n) is 15.7. The van der Waals surface area contributed by atoms with Gasteiger partial charge in [0.05, 0.1) is 18.6 Å². The van der Waals surface area contributed by atoms with Gasteiger partial charge in [-0.1, -0.05) is 40.7 Å². The summed E-state index contributed by atoms with van der Waals surface area (Å²) in [4.78, 5) is 36.7. The Balaban J connectivity index is 4.93. The molecule has 0 aromatic rings. The minimum atomic E-state index is -1.02. The highest BCUT2D eigenvalue weighted by Crippen LogP contribution is 2.17. The van der Waals surface area contributed by atoms with Gasteiger partial charge >= 0.3 is 5.97 Å². The van der Waals surface area contributed by atoms with E-state index in [1.54, 1.807) is 13.1 Å². The molecule has 0 saturated carbocycles. The maximum atomic E-state index is 12.3. The SMILES string of the molecule is C/C(=C\[C@H](C(C)C)N(C)C(=O)CNC(=O)[C@@H](N)C(C)(C)C)C(=O)O. The van der Waals surface area contributed by atoms with Crippen molar-refractivity contribution >= 4 is 17.8 Å². The van der Waals surface area contributed by atoms with Crippen LogP contribution < -0.4 is 11.1 Å². The average molecular weight is 341 g/mol. The van der Waals surface area contributed by atoms with Crippen molar-refractivity contribution in [3.63, 3.8) is 0 Å². The second-order valence-electron chi connectivity index (χ2n) is 7.46. The Bertz CT molecular complexity index is 506. The average Bonchev–Trinajstić information content (AvgIpc) is 2.46. The Morgan fingerprint density at radius 3 is 2.12 bits per heavy atom. The molecule has 0 aromatic carbocycles. The van der Waals surface area contributed by atoms with Crippen LogP contribution in [0.25, 0.3) is 0 Å². The van der Waals surface area contributed by atoms with Crippen LogP contribution in [0.2, 0.25) is 0 Å². The Hall–Kier alpha value is -1.89. The van der Waals surface area contributed by atoms with E-state index in [-0.39, 0.29) is 35.9 Å². The van der Waals surface area contributed by atoms with Gasteiger partial charge in [-0.05, 0) is 18.3 Å². The predicted molar refractivity (Wildman–Crippen MR) is 93.2 cm³/mol. The van der Waals surface area contributed by atoms with Gasteiger partial charge in [0.2, 0.25) is 11.8 Å². The zero-order chi connectivity index (χ0) is 19.2. The van der Waals surface area contributed by atoms with Crippen molar-refractivity contribution in [2.75, 3.05) is 13.6 Å². The van der Waals surface area contributed by atoms with Gasteiger partial charge in [0.1, 0.15) is 0 Å². The molecule has 0 unspecified atom stereocenters. The molecule has 2 atom stereocenters. The molecule has 7 heteroatoms. The summed E-state index contributed by atoms with van der Waals surface area (Å²) >= 11 is 0. The number of carbonyl (C=O) groups excluding carboxylic acids is 2. The highest BCUT2D eigenvalue weighted by molar-refractivity contribution is 5.88. The molecule has 0 spiro atoms. The minimum absolute atomic E-state index is 0.0285. The molecular formula is C17H31N3O4. The van der Waals surface area contributed by atoms with Crippen LogP contribution in [0.3, 0.4) is 0 Å². The molecule has 0 aliphatic carbocycles. The van der Waals surface area contributed by atoms with E-state index in [1.807, 2.05) is 34.6 Å². The third-order valence-corrected chi connectivity index (χ3v) is 3.91. The van der Waals surface area contributed by atoms with E-state index in [4.69, 9.17) is 10.8 Å². The number of nitrogens with one attached hydrogen (secondary N) is 1. The summed E-state index contributed by atoms with van der Waals surface area (Å²) in [5.74, 6) is -1.69. The van der Waals surface area contributed by atoms with Crippen molar-refractivity contribution in [2.24, 2.45) is 17.1 Å². The Morgan fingerprint density at radius 1 is 1.25 bits per heavy atom. The summed E-state index contributed by atoms with van der Waals surface area (Å²) in [7, 11) is 1.59. The topological polar surface area (TPSA) is 113 Å². The summed E-state index contributed by atoms with van der Waals surface area (Å²) in [6.45, 7) is 10.6. The third-order valence-electron chi connectivity index (χ3n) is 3.91. The minimum Gasteiger partial charge on any atom is -0.478 e. The standard InChI is InChI=1S/C17H31N3O4/c1-10(2)12(8-11(3)16(23)24)20(7)13(21)9-19-15(22)14(18)17(4,5)6/h8,10,12,14H,9,18H2,1-7H3,(H,19,22)(H,23,24)/b11-8+/t12-,14-/m1/s1. The normalized spacial score (nSPS) is 15.0. The zero-order valence-corrected chi connectivity index (χ0v) is 15.7. The van der Waals surface area contributed by atoms with E-state index < -0.39 is 17.4 Å². The first-order valence-corrected chi connectivity index (χ1v) is 7.99. The second-order valence-corrected chi connectivity index (χ2v) is 7.46. The molecule has 0 radical (unpaired) electrons. The molecule has 0 aliphatic heterocycles. The highest BCUT2D eigenvalue weighted by atomic mass is 16.4. The Kier molecular flexibility index (Phi) is 8.13. The molecular weight excluding hydrogens is 310 g/mol. The molecule has 138 valence electrons. The lowest BCUT2D eigenvalue weighted by molar-refractivity contribution is -0.134. The van der Waals surface area contributed by atoms with Crippen molar-refractivity contribution in [1.82, 2.24) is 10.2 Å². The number of nitrogens with two attached hydrogens (primary N) is 1. The van der Waals surface area contributed by atoms with Gasteiger partial charge in [0, 0.05) is 12.6 Å². The van der Waals surface area contributed by atoms with Crippen LogP contribution in [-0.2, 0) is 14.4 Å². The quantitative estimate of drug-likeness (QED) is 0.598. The van der Waals surface area contributed by atoms with E-state index in [9.17, 15) is 14.4 Å². The van der Waals surface area contributed by atoms with E-state index in [0.29, 0.717) is 0 Å². The number of carboxylic acids is 1. The number of likely N-dealkylation sites (N-methyl/N-ethyl adjacent to an activating group) is 1. The second kappa shape index (κ2) is 8.82. The van der Waals surface area contributed by atoms with Crippen molar-refractivity contribution in [3.05, 3.63) is 11.6 Å². The van der Waals surface area contributed by atoms with Crippen LogP contribution >= 0.6 is 0 Å². The molecule has 0 heterocycles. The summed E-state index contributed by atoms with van der Waals surface area (Å²) < 4.78 is 0. The summed E-state index contributed by atoms with van der Waals surface area (Å²) in [6.07, 6.45) is 1.55. The lowest BCUT2D eigenvalue weighted by atomic mass is 9.87. The number of rotatable bonds is 7. The van der Waals surface area contributed by atoms with Gasteiger partial charge in [0.15, 0.2) is 0 Å². The predicted octanol–water partition coefficient (Wildman–Crippen LogP) is 0.990. The summed E-state index contributed by atoms with van der Waals surface area (Å²) in [5.41, 5.74) is 5.62. The van der Waals surface area contributed by atoms with Gasteiger partial charge in [-0.15, -0.1) is 0 Å². The maximum Gasteiger partial charge on any atom is 0.331 e. The maximum absolute atomic E-state index is 12.3. The van der Waals surface area contributed by atoms with Crippen molar-refractivity contribution in [3.8, 4) is 0 Å². The number of amides is 2. The first-order chi connectivity index (χ1) is 10.8. The number of carbonyl (C=O) groups is 3. The molecule has 0 aromatic heterocycles. The van der Waals surface area contributed by atoms with Crippen molar-refractivity contribution < 1.29 is 19.5 Å². The van der Waals surface area contributed by atoms with Gasteiger partial charge < -0.3 is 21.1 Å². The molecule has 0 fully saturated rings. The van der Waals surface area contributed by atoms with Gasteiger partial charge in [-0.2, -0.15) is 0 Å². The van der Waals surface area contributed by atoms with Crippen LogP contribution in [0.1, 0.15) is 41.5 Å². The fraction of sp³-hybridized carbons (Fsp3) is 0.706. The molecule has 0 bridgehead atoms. The first kappa shape index (κ1) is 22.1. The first-order valence-electron chi connectivity index (χ1n) is 7.99. The molecule has 24 heavy (non-hydrogen) atoms. The number of nitrogens with zero attached hydrogens (tertiary/aromatic N) is 1. The monoisotopic (exact) mass is 341 g/mol. The largest absolute Gasteiger partial charge is 0.478 e. The van der Waals surface area contributed by atoms with E-state index in [0.717, 1.165) is 0 Å². The Morgan fingerprint density at radius 2 is 1.75 bits per heavy atom. The lowest BCUT2D eigenvalue weighted by Crippen LogP contribution is -2.51. The number of hydrogen-bond donors (Lipinski definition) is 3. The third kappa shape index (κ3) is 6.70. The van der Waals surface area contributed by atoms with Crippen LogP contribution in [0, 0.1) is 11.3 Å². The van der Waals surface area contributed by atoms with Gasteiger partial charge in [0.25, 0.3) is 0 Å². The molecule has 4 N–H and O–H groups in total. The fourth-order valence-corrected chi connectivity index (χ4v) is 2.04. The number of aliphatic carboxylic acids is 1. The van der Waals surface area contributed by atoms with E-state index in [2.05, 4.69) is 5.32 Å². The van der Waals surface area contributed by atoms with Crippen molar-refractivity contribution in [1.29, 1.82) is 0 Å². The molecule has 2 amide bonds. The molecule has 7 nitrogen and oxygen atoms in total. The number of hydrogen-bond acceptors (Lipinski definition) is 4. The summed E-state index contributed by atoms with van der Waals surface area (Å²) in [6, 6.07) is -1.09. The van der Waals surface area contributed by atoms with Crippen LogP contribution in [0.5, 0.6) is 0 Å². The van der Waals surface area contributed by atoms with Gasteiger partial charge in [-0.25, -0.2) is 4.79 Å². The van der Waals surface area contributed by atoms with E-state index >= 15 is 0 Å². The van der Waals surface area contributed by atoms with E-state index in [1.165, 1.54) is 11.8 Å². The van der Waals surface area contributed by atoms with Crippen LogP contribution in [0.15, 0.2) is 11.6 Å². The smallest absolute Gasteiger partial charge is 0.331 e. The van der Waals surface area contributed by atoms with Crippen LogP contribution in [0.4, 0.5) is 0 Å². The molecule has 0 rings (SSSR count). The lowest BCUT2D eigenvalue weighted by Gasteiger charge is -2.30. The van der Waals surface area contributed by atoms with Crippen LogP contribution in [-0.4, -0.2) is 53.5 Å². The fourth-order valence-electron chi connectivity index (χ4n) is 2.04. The number of carboxylic acid groups (broad SMARTS) is 1. The molecule has 0 saturated heterocycles. The Labute approximate surface area is 144 Å². The summed E-state index contributed by atoms with van der Waals surface area (Å²) in [5, 5.41) is 11.6. The molecule has 0 aliphatic rings.